The quantitative estimate of drug-likeness (QED) is 0.728. The van der Waals surface area contributed by atoms with Gasteiger partial charge < -0.3 is 15.2 Å². The molecular formula is C13H22N4O. The molecule has 1 aromatic rings. The number of amides is 1. The van der Waals surface area contributed by atoms with Crippen molar-refractivity contribution in [2.45, 2.75) is 26.3 Å². The zero-order valence-corrected chi connectivity index (χ0v) is 10.9. The summed E-state index contributed by atoms with van der Waals surface area (Å²) in [5, 5.41) is 6.28. The molecular weight excluding hydrogens is 228 g/mol. The lowest BCUT2D eigenvalue weighted by molar-refractivity contribution is -0.125. The monoisotopic (exact) mass is 250 g/mol. The molecule has 1 aliphatic heterocycles. The summed E-state index contributed by atoms with van der Waals surface area (Å²) < 4.78 is 2.06. The lowest BCUT2D eigenvalue weighted by atomic mass is 9.97. The minimum atomic E-state index is 0.152. The standard InChI is InChI=1S/C13H22N4O/c1-11-8-15-9-12(11)13(18)16-4-2-3-6-17-7-5-14-10-17/h5,7,10-12,15H,2-4,6,8-9H2,1H3,(H,16,18)/t11-,12-/m1/s1. The van der Waals surface area contributed by atoms with Crippen molar-refractivity contribution in [3.05, 3.63) is 18.7 Å². The van der Waals surface area contributed by atoms with E-state index in [4.69, 9.17) is 0 Å². The molecule has 5 heteroatoms. The van der Waals surface area contributed by atoms with Crippen molar-refractivity contribution in [3.63, 3.8) is 0 Å². The lowest BCUT2D eigenvalue weighted by Gasteiger charge is -2.14. The first-order valence-corrected chi connectivity index (χ1v) is 6.71. The van der Waals surface area contributed by atoms with Crippen molar-refractivity contribution in [2.75, 3.05) is 19.6 Å². The van der Waals surface area contributed by atoms with E-state index in [0.717, 1.165) is 39.0 Å². The molecule has 2 atom stereocenters. The molecule has 18 heavy (non-hydrogen) atoms. The van der Waals surface area contributed by atoms with Gasteiger partial charge in [-0.25, -0.2) is 4.98 Å². The van der Waals surface area contributed by atoms with Crippen molar-refractivity contribution in [2.24, 2.45) is 11.8 Å². The van der Waals surface area contributed by atoms with Crippen LogP contribution in [0.2, 0.25) is 0 Å². The Labute approximate surface area is 108 Å². The number of nitrogens with one attached hydrogen (secondary N) is 2. The van der Waals surface area contributed by atoms with Gasteiger partial charge >= 0.3 is 0 Å². The molecule has 0 aromatic carbocycles. The summed E-state index contributed by atoms with van der Waals surface area (Å²) in [6, 6.07) is 0. The van der Waals surface area contributed by atoms with Gasteiger partial charge in [0.05, 0.1) is 12.2 Å². The van der Waals surface area contributed by atoms with Gasteiger partial charge in [-0.3, -0.25) is 4.79 Å². The number of nitrogens with zero attached hydrogens (tertiary/aromatic N) is 2. The Balaban J connectivity index is 1.56. The number of hydrogen-bond donors (Lipinski definition) is 2. The minimum Gasteiger partial charge on any atom is -0.356 e. The van der Waals surface area contributed by atoms with E-state index >= 15 is 0 Å². The highest BCUT2D eigenvalue weighted by Crippen LogP contribution is 2.15. The highest BCUT2D eigenvalue weighted by molar-refractivity contribution is 5.79. The minimum absolute atomic E-state index is 0.152. The van der Waals surface area contributed by atoms with Crippen LogP contribution in [0.3, 0.4) is 0 Å². The molecule has 1 aromatic heterocycles. The summed E-state index contributed by atoms with van der Waals surface area (Å²) in [5.41, 5.74) is 0. The smallest absolute Gasteiger partial charge is 0.224 e. The topological polar surface area (TPSA) is 59.0 Å². The molecule has 2 rings (SSSR count). The molecule has 0 bridgehead atoms. The number of imidazole rings is 1. The number of rotatable bonds is 6. The van der Waals surface area contributed by atoms with Crippen molar-refractivity contribution in [1.82, 2.24) is 20.2 Å². The highest BCUT2D eigenvalue weighted by Gasteiger charge is 2.28. The maximum Gasteiger partial charge on any atom is 0.224 e. The number of hydrogen-bond acceptors (Lipinski definition) is 3. The van der Waals surface area contributed by atoms with Crippen molar-refractivity contribution >= 4 is 5.91 Å². The number of aromatic nitrogens is 2. The Morgan fingerprint density at radius 3 is 3.06 bits per heavy atom. The Kier molecular flexibility index (Phi) is 4.75. The summed E-state index contributed by atoms with van der Waals surface area (Å²) in [6.07, 6.45) is 7.65. The Bertz CT molecular complexity index is 363. The molecule has 1 fully saturated rings. The van der Waals surface area contributed by atoms with Crippen molar-refractivity contribution in [1.29, 1.82) is 0 Å². The normalized spacial score (nSPS) is 23.2. The van der Waals surface area contributed by atoms with Crippen LogP contribution in [-0.2, 0) is 11.3 Å². The summed E-state index contributed by atoms with van der Waals surface area (Å²) in [6.45, 7) is 5.65. The van der Waals surface area contributed by atoms with Gasteiger partial charge in [-0.1, -0.05) is 6.92 Å². The third kappa shape index (κ3) is 3.57. The molecule has 1 aliphatic rings. The Morgan fingerprint density at radius 1 is 1.50 bits per heavy atom. The summed E-state index contributed by atoms with van der Waals surface area (Å²) in [4.78, 5) is 15.9. The maximum absolute atomic E-state index is 11.9. The van der Waals surface area contributed by atoms with Crippen molar-refractivity contribution < 1.29 is 4.79 Å². The second-order valence-electron chi connectivity index (χ2n) is 5.04. The summed E-state index contributed by atoms with van der Waals surface area (Å²) >= 11 is 0. The zero-order valence-electron chi connectivity index (χ0n) is 10.9. The molecule has 2 heterocycles. The molecule has 100 valence electrons. The fraction of sp³-hybridized carbons (Fsp3) is 0.692. The fourth-order valence-corrected chi connectivity index (χ4v) is 2.34. The predicted octanol–water partition coefficient (Wildman–Crippen LogP) is 0.635. The van der Waals surface area contributed by atoms with Gasteiger partial charge in [-0.2, -0.15) is 0 Å². The predicted molar refractivity (Wildman–Crippen MR) is 70.0 cm³/mol. The first-order valence-electron chi connectivity index (χ1n) is 6.71. The van der Waals surface area contributed by atoms with Crippen LogP contribution in [0.1, 0.15) is 19.8 Å². The first kappa shape index (κ1) is 13.1. The molecule has 0 unspecified atom stereocenters. The van der Waals surface area contributed by atoms with E-state index in [1.54, 1.807) is 6.20 Å². The Hall–Kier alpha value is -1.36. The number of carbonyl (C=O) groups excluding carboxylic acids is 1. The SMILES string of the molecule is C[C@@H]1CNC[C@H]1C(=O)NCCCCn1ccnc1. The fourth-order valence-electron chi connectivity index (χ4n) is 2.34. The summed E-state index contributed by atoms with van der Waals surface area (Å²) in [5.74, 6) is 0.810. The zero-order chi connectivity index (χ0) is 12.8. The molecule has 5 nitrogen and oxygen atoms in total. The van der Waals surface area contributed by atoms with E-state index in [-0.39, 0.29) is 11.8 Å². The van der Waals surface area contributed by atoms with Gasteiger partial charge in [0, 0.05) is 32.0 Å². The van der Waals surface area contributed by atoms with E-state index in [1.165, 1.54) is 0 Å². The van der Waals surface area contributed by atoms with Gasteiger partial charge in [0.25, 0.3) is 0 Å². The molecule has 1 saturated heterocycles. The van der Waals surface area contributed by atoms with Crippen LogP contribution in [0, 0.1) is 11.8 Å². The molecule has 0 saturated carbocycles. The third-order valence-corrected chi connectivity index (χ3v) is 3.56. The van der Waals surface area contributed by atoms with Gasteiger partial charge in [0.1, 0.15) is 0 Å². The lowest BCUT2D eigenvalue weighted by Crippen LogP contribution is -2.34. The average Bonchev–Trinajstić information content (AvgIpc) is 2.99. The van der Waals surface area contributed by atoms with E-state index in [1.807, 2.05) is 12.5 Å². The first-order chi connectivity index (χ1) is 8.77. The van der Waals surface area contributed by atoms with Crippen molar-refractivity contribution in [3.8, 4) is 0 Å². The van der Waals surface area contributed by atoms with Gasteiger partial charge in [-0.05, 0) is 25.3 Å². The summed E-state index contributed by atoms with van der Waals surface area (Å²) in [7, 11) is 0. The van der Waals surface area contributed by atoms with Crippen LogP contribution < -0.4 is 10.6 Å². The van der Waals surface area contributed by atoms with Gasteiger partial charge in [0.15, 0.2) is 0 Å². The number of aryl methyl sites for hydroxylation is 1. The van der Waals surface area contributed by atoms with Crippen LogP contribution in [-0.4, -0.2) is 35.1 Å². The van der Waals surface area contributed by atoms with E-state index < -0.39 is 0 Å². The largest absolute Gasteiger partial charge is 0.356 e. The average molecular weight is 250 g/mol. The van der Waals surface area contributed by atoms with E-state index in [2.05, 4.69) is 27.1 Å². The van der Waals surface area contributed by atoms with Gasteiger partial charge in [-0.15, -0.1) is 0 Å². The van der Waals surface area contributed by atoms with Crippen LogP contribution in [0.15, 0.2) is 18.7 Å². The Morgan fingerprint density at radius 2 is 2.39 bits per heavy atom. The molecule has 0 radical (unpaired) electrons. The van der Waals surface area contributed by atoms with Crippen LogP contribution in [0.5, 0.6) is 0 Å². The second kappa shape index (κ2) is 6.54. The van der Waals surface area contributed by atoms with Gasteiger partial charge in [0.2, 0.25) is 5.91 Å². The number of carbonyl (C=O) groups is 1. The van der Waals surface area contributed by atoms with Crippen LogP contribution in [0.4, 0.5) is 0 Å². The van der Waals surface area contributed by atoms with Crippen LogP contribution in [0.25, 0.3) is 0 Å². The third-order valence-electron chi connectivity index (χ3n) is 3.56. The van der Waals surface area contributed by atoms with E-state index in [9.17, 15) is 4.79 Å². The highest BCUT2D eigenvalue weighted by atomic mass is 16.1. The van der Waals surface area contributed by atoms with E-state index in [0.29, 0.717) is 5.92 Å². The van der Waals surface area contributed by atoms with Crippen LogP contribution >= 0.6 is 0 Å². The molecule has 0 spiro atoms. The molecule has 2 N–H and O–H groups in total. The second-order valence-corrected chi connectivity index (χ2v) is 5.04. The molecule has 0 aliphatic carbocycles. The maximum atomic E-state index is 11.9. The molecule has 1 amide bonds. The number of unbranched alkanes of at least 4 members (excludes halogenated alkanes) is 1.